The summed E-state index contributed by atoms with van der Waals surface area (Å²) in [6, 6.07) is -0.186. The molecule has 1 amide bonds. The first kappa shape index (κ1) is 19.7. The molecule has 0 saturated carbocycles. The first-order chi connectivity index (χ1) is 11.0. The average molecular weight is 344 g/mol. The highest BCUT2D eigenvalue weighted by Gasteiger charge is 2.30. The molecule has 2 atom stereocenters. The maximum Gasteiger partial charge on any atom is 0.333 e. The zero-order valence-corrected chi connectivity index (χ0v) is 14.8. The van der Waals surface area contributed by atoms with E-state index in [0.717, 1.165) is 12.8 Å². The number of nitrogens with one attached hydrogen (secondary N) is 1. The minimum Gasteiger partial charge on any atom is -0.463 e. The molecule has 0 aromatic heterocycles. The lowest BCUT2D eigenvalue weighted by Crippen LogP contribution is -2.46. The molecule has 0 heterocycles. The quantitative estimate of drug-likeness (QED) is 0.543. The van der Waals surface area contributed by atoms with Crippen LogP contribution in [0.25, 0.3) is 0 Å². The first-order valence-electron chi connectivity index (χ1n) is 8.16. The third-order valence-electron chi connectivity index (χ3n) is 3.83. The van der Waals surface area contributed by atoms with Crippen molar-refractivity contribution in [3.63, 3.8) is 0 Å². The minimum absolute atomic E-state index is 0.0840. The number of hydrogen-bond donors (Lipinski definition) is 1. The molecule has 1 rings (SSSR count). The summed E-state index contributed by atoms with van der Waals surface area (Å²) < 4.78 is 11.1. The van der Waals surface area contributed by atoms with E-state index in [4.69, 9.17) is 21.1 Å². The van der Waals surface area contributed by atoms with Crippen LogP contribution in [0, 0.1) is 0 Å². The number of carbonyl (C=O) groups is 2. The lowest BCUT2D eigenvalue weighted by atomic mass is 9.92. The number of amides is 1. The number of ether oxygens (including phenoxy) is 2. The first-order valence-corrected chi connectivity index (χ1v) is 8.59. The molecule has 0 bridgehead atoms. The highest BCUT2D eigenvalue weighted by Crippen LogP contribution is 2.24. The molecule has 6 heteroatoms. The van der Waals surface area contributed by atoms with Crippen LogP contribution in [0.3, 0.4) is 0 Å². The van der Waals surface area contributed by atoms with E-state index in [-0.39, 0.29) is 30.1 Å². The number of rotatable bonds is 8. The van der Waals surface area contributed by atoms with Crippen molar-refractivity contribution >= 4 is 23.5 Å². The molecule has 0 radical (unpaired) electrons. The molecule has 130 valence electrons. The summed E-state index contributed by atoms with van der Waals surface area (Å²) in [5, 5.41) is 2.88. The highest BCUT2D eigenvalue weighted by molar-refractivity contribution is 6.26. The van der Waals surface area contributed by atoms with E-state index in [1.807, 2.05) is 0 Å². The number of esters is 1. The van der Waals surface area contributed by atoms with Crippen molar-refractivity contribution in [2.75, 3.05) is 6.61 Å². The summed E-state index contributed by atoms with van der Waals surface area (Å²) in [5.41, 5.74) is 1.79. The highest BCUT2D eigenvalue weighted by atomic mass is 35.5. The lowest BCUT2D eigenvalue weighted by Gasteiger charge is -2.32. The normalized spacial score (nSPS) is 21.3. The Kier molecular flexibility index (Phi) is 8.95. The molecular weight excluding hydrogens is 318 g/mol. The topological polar surface area (TPSA) is 64.6 Å². The van der Waals surface area contributed by atoms with Crippen molar-refractivity contribution in [1.29, 1.82) is 0 Å². The van der Waals surface area contributed by atoms with Gasteiger partial charge in [0.1, 0.15) is 0 Å². The van der Waals surface area contributed by atoms with Crippen molar-refractivity contribution in [2.45, 2.75) is 64.7 Å². The van der Waals surface area contributed by atoms with Gasteiger partial charge in [-0.05, 0) is 38.7 Å². The fraction of sp³-hybridized carbons (Fsp3) is 0.647. The van der Waals surface area contributed by atoms with Gasteiger partial charge in [-0.3, -0.25) is 4.79 Å². The molecule has 0 unspecified atom stereocenters. The van der Waals surface area contributed by atoms with Crippen LogP contribution in [0.4, 0.5) is 0 Å². The Morgan fingerprint density at radius 2 is 2.09 bits per heavy atom. The third kappa shape index (κ3) is 6.36. The molecule has 5 nitrogen and oxygen atoms in total. The molecule has 1 N–H and O–H groups in total. The molecule has 23 heavy (non-hydrogen) atoms. The second-order valence-electron chi connectivity index (χ2n) is 5.40. The van der Waals surface area contributed by atoms with Crippen molar-refractivity contribution in [1.82, 2.24) is 5.32 Å². The second kappa shape index (κ2) is 10.4. The zero-order chi connectivity index (χ0) is 17.2. The van der Waals surface area contributed by atoms with Crippen molar-refractivity contribution in [2.24, 2.45) is 0 Å². The number of hydrogen-bond acceptors (Lipinski definition) is 4. The maximum atomic E-state index is 11.9. The van der Waals surface area contributed by atoms with E-state index in [9.17, 15) is 9.59 Å². The minimum atomic E-state index is -0.347. The van der Waals surface area contributed by atoms with E-state index >= 15 is 0 Å². The van der Waals surface area contributed by atoms with Crippen LogP contribution >= 0.6 is 11.6 Å². The Morgan fingerprint density at radius 3 is 2.65 bits per heavy atom. The van der Waals surface area contributed by atoms with Crippen LogP contribution in [0.15, 0.2) is 23.3 Å². The number of halogens is 1. The Hall–Kier alpha value is -1.33. The van der Waals surface area contributed by atoms with Gasteiger partial charge in [-0.15, -0.1) is 0 Å². The second-order valence-corrected chi connectivity index (χ2v) is 5.65. The molecular formula is C17H26ClNO4. The van der Waals surface area contributed by atoms with E-state index < -0.39 is 0 Å². The van der Waals surface area contributed by atoms with Gasteiger partial charge in [0.2, 0.25) is 5.91 Å². The maximum absolute atomic E-state index is 11.9. The Balaban J connectivity index is 2.89. The van der Waals surface area contributed by atoms with Crippen LogP contribution in [0.5, 0.6) is 0 Å². The zero-order valence-electron chi connectivity index (χ0n) is 14.0. The van der Waals surface area contributed by atoms with Crippen molar-refractivity contribution in [3.8, 4) is 0 Å². The fourth-order valence-corrected chi connectivity index (χ4v) is 2.66. The predicted molar refractivity (Wildman–Crippen MR) is 90.1 cm³/mol. The van der Waals surface area contributed by atoms with Gasteiger partial charge in [-0.1, -0.05) is 25.4 Å². The van der Waals surface area contributed by atoms with E-state index in [1.54, 1.807) is 13.0 Å². The fourth-order valence-electron chi connectivity index (χ4n) is 2.55. The molecule has 0 aliphatic heterocycles. The van der Waals surface area contributed by atoms with Crippen LogP contribution in [-0.4, -0.2) is 36.7 Å². The van der Waals surface area contributed by atoms with Gasteiger partial charge in [-0.2, -0.15) is 0 Å². The lowest BCUT2D eigenvalue weighted by molar-refractivity contribution is -0.139. The Bertz CT molecular complexity index is 458. The van der Waals surface area contributed by atoms with Gasteiger partial charge < -0.3 is 14.8 Å². The van der Waals surface area contributed by atoms with Gasteiger partial charge in [-0.25, -0.2) is 4.79 Å². The largest absolute Gasteiger partial charge is 0.463 e. The average Bonchev–Trinajstić information content (AvgIpc) is 2.54. The number of carbonyl (C=O) groups excluding carboxylic acids is 2. The van der Waals surface area contributed by atoms with Gasteiger partial charge in [0.25, 0.3) is 0 Å². The van der Waals surface area contributed by atoms with Crippen LogP contribution < -0.4 is 5.32 Å². The summed E-state index contributed by atoms with van der Waals surface area (Å²) in [5.74, 6) is -0.577. The summed E-state index contributed by atoms with van der Waals surface area (Å²) in [6.07, 6.45) is 5.71. The van der Waals surface area contributed by atoms with Crippen molar-refractivity contribution in [3.05, 3.63) is 23.3 Å². The van der Waals surface area contributed by atoms with Crippen molar-refractivity contribution < 1.29 is 19.1 Å². The van der Waals surface area contributed by atoms with E-state index in [0.29, 0.717) is 25.0 Å². The predicted octanol–water partition coefficient (Wildman–Crippen LogP) is 3.08. The smallest absolute Gasteiger partial charge is 0.333 e. The van der Waals surface area contributed by atoms with E-state index in [1.165, 1.54) is 11.6 Å². The van der Waals surface area contributed by atoms with Crippen LogP contribution in [0.2, 0.25) is 0 Å². The Labute approximate surface area is 143 Å². The molecule has 0 saturated heterocycles. The monoisotopic (exact) mass is 343 g/mol. The molecule has 0 spiro atoms. The summed E-state index contributed by atoms with van der Waals surface area (Å²) in [7, 11) is 0. The third-order valence-corrected chi connectivity index (χ3v) is 3.95. The van der Waals surface area contributed by atoms with E-state index in [2.05, 4.69) is 19.2 Å². The molecule has 0 fully saturated rings. The molecule has 1 aliphatic rings. The standard InChI is InChI=1S/C17H26ClNO4/c1-4-13(5-2)23-15-11-12(17(21)22-6-3)7-8-14(15)19-16(20)9-10-18/h9-11,13-15H,4-8H2,1-3H3,(H,19,20)/b10-9+/t14-,15-/m1/s1. The summed E-state index contributed by atoms with van der Waals surface area (Å²) >= 11 is 5.43. The van der Waals surface area contributed by atoms with Crippen LogP contribution in [-0.2, 0) is 19.1 Å². The summed E-state index contributed by atoms with van der Waals surface area (Å²) in [4.78, 5) is 23.7. The molecule has 0 aromatic rings. The van der Waals surface area contributed by atoms with Gasteiger partial charge >= 0.3 is 5.97 Å². The van der Waals surface area contributed by atoms with Gasteiger partial charge in [0, 0.05) is 17.2 Å². The van der Waals surface area contributed by atoms with Crippen LogP contribution in [0.1, 0.15) is 46.5 Å². The molecule has 0 aromatic carbocycles. The summed E-state index contributed by atoms with van der Waals surface area (Å²) in [6.45, 7) is 6.23. The SMILES string of the molecule is CCOC(=O)C1=C[C@@H](OC(CC)CC)[C@H](NC(=O)/C=C/Cl)CC1. The van der Waals surface area contributed by atoms with Gasteiger partial charge in [0.15, 0.2) is 0 Å². The molecule has 1 aliphatic carbocycles. The Morgan fingerprint density at radius 1 is 1.39 bits per heavy atom. The van der Waals surface area contributed by atoms with Gasteiger partial charge in [0.05, 0.1) is 24.9 Å².